The molecule has 1 aromatic carbocycles. The topological polar surface area (TPSA) is 44.8 Å². The molecule has 0 bridgehead atoms. The maximum Gasteiger partial charge on any atom is 0.338 e. The van der Waals surface area contributed by atoms with Crippen LogP contribution >= 0.6 is 0 Å². The highest BCUT2D eigenvalue weighted by Crippen LogP contribution is 2.25. The normalized spacial score (nSPS) is 12.0. The highest BCUT2D eigenvalue weighted by Gasteiger charge is 2.32. The summed E-state index contributed by atoms with van der Waals surface area (Å²) in [5.41, 5.74) is 0.242. The standard InChI is InChI=1S/C19H30O4/c1-6-19(12-21-15(2)3,13-22-16(4)5)14-23-18(20)17-10-8-7-9-11-17/h7-11,15-16H,6,12-14H2,1-5H3. The van der Waals surface area contributed by atoms with Crippen LogP contribution in [0, 0.1) is 5.41 Å². The van der Waals surface area contributed by atoms with Crippen molar-refractivity contribution in [3.63, 3.8) is 0 Å². The first-order valence-electron chi connectivity index (χ1n) is 8.34. The third-order valence-electron chi connectivity index (χ3n) is 3.71. The Morgan fingerprint density at radius 2 is 1.48 bits per heavy atom. The molecule has 0 aliphatic rings. The third-order valence-corrected chi connectivity index (χ3v) is 3.71. The monoisotopic (exact) mass is 322 g/mol. The Hall–Kier alpha value is -1.39. The van der Waals surface area contributed by atoms with Crippen molar-refractivity contribution in [2.24, 2.45) is 5.41 Å². The zero-order valence-corrected chi connectivity index (χ0v) is 15.0. The number of esters is 1. The molecule has 0 saturated heterocycles. The van der Waals surface area contributed by atoms with Gasteiger partial charge in [-0.3, -0.25) is 0 Å². The fraction of sp³-hybridized carbons (Fsp3) is 0.632. The quantitative estimate of drug-likeness (QED) is 0.609. The minimum absolute atomic E-state index is 0.129. The van der Waals surface area contributed by atoms with Crippen molar-refractivity contribution in [3.05, 3.63) is 35.9 Å². The second-order valence-electron chi connectivity index (χ2n) is 6.52. The zero-order valence-electron chi connectivity index (χ0n) is 15.0. The molecule has 0 heterocycles. The molecule has 0 aliphatic carbocycles. The van der Waals surface area contributed by atoms with Crippen LogP contribution in [0.25, 0.3) is 0 Å². The van der Waals surface area contributed by atoms with E-state index in [1.165, 1.54) is 0 Å². The van der Waals surface area contributed by atoms with Gasteiger partial charge in [0.25, 0.3) is 0 Å². The van der Waals surface area contributed by atoms with E-state index in [9.17, 15) is 4.79 Å². The summed E-state index contributed by atoms with van der Waals surface area (Å²) in [5, 5.41) is 0. The van der Waals surface area contributed by atoms with Crippen LogP contribution in [-0.4, -0.2) is 38.0 Å². The highest BCUT2D eigenvalue weighted by atomic mass is 16.5. The Labute approximate surface area is 140 Å². The molecular formula is C19H30O4. The zero-order chi connectivity index (χ0) is 17.3. The number of carbonyl (C=O) groups is 1. The summed E-state index contributed by atoms with van der Waals surface area (Å²) < 4.78 is 17.1. The van der Waals surface area contributed by atoms with Crippen molar-refractivity contribution >= 4 is 5.97 Å². The number of rotatable bonds is 10. The van der Waals surface area contributed by atoms with E-state index in [2.05, 4.69) is 6.92 Å². The average Bonchev–Trinajstić information content (AvgIpc) is 2.55. The lowest BCUT2D eigenvalue weighted by Gasteiger charge is -2.33. The van der Waals surface area contributed by atoms with Crippen LogP contribution in [0.15, 0.2) is 30.3 Å². The summed E-state index contributed by atoms with van der Waals surface area (Å²) in [6.07, 6.45) is 1.07. The van der Waals surface area contributed by atoms with E-state index in [-0.39, 0.29) is 30.2 Å². The molecule has 0 radical (unpaired) electrons. The van der Waals surface area contributed by atoms with Gasteiger partial charge in [0.05, 0.1) is 36.4 Å². The molecule has 0 atom stereocenters. The molecule has 23 heavy (non-hydrogen) atoms. The lowest BCUT2D eigenvalue weighted by Crippen LogP contribution is -2.39. The second kappa shape index (κ2) is 9.68. The van der Waals surface area contributed by atoms with E-state index in [0.717, 1.165) is 6.42 Å². The van der Waals surface area contributed by atoms with Gasteiger partial charge in [0.1, 0.15) is 6.61 Å². The van der Waals surface area contributed by atoms with E-state index in [4.69, 9.17) is 14.2 Å². The van der Waals surface area contributed by atoms with Crippen LogP contribution in [0.1, 0.15) is 51.4 Å². The van der Waals surface area contributed by atoms with Crippen molar-refractivity contribution in [1.82, 2.24) is 0 Å². The first-order valence-corrected chi connectivity index (χ1v) is 8.34. The minimum atomic E-state index is -0.320. The van der Waals surface area contributed by atoms with E-state index in [0.29, 0.717) is 18.8 Å². The van der Waals surface area contributed by atoms with Gasteiger partial charge in [0.2, 0.25) is 0 Å². The molecule has 0 amide bonds. The Balaban J connectivity index is 2.71. The van der Waals surface area contributed by atoms with E-state index >= 15 is 0 Å². The summed E-state index contributed by atoms with van der Waals surface area (Å²) in [4.78, 5) is 12.2. The highest BCUT2D eigenvalue weighted by molar-refractivity contribution is 5.89. The van der Waals surface area contributed by atoms with E-state index in [1.54, 1.807) is 12.1 Å². The van der Waals surface area contributed by atoms with Gasteiger partial charge >= 0.3 is 5.97 Å². The maximum atomic E-state index is 12.2. The van der Waals surface area contributed by atoms with Gasteiger partial charge in [-0.15, -0.1) is 0 Å². The van der Waals surface area contributed by atoms with Crippen molar-refractivity contribution in [3.8, 4) is 0 Å². The third kappa shape index (κ3) is 7.14. The SMILES string of the molecule is CCC(COC(=O)c1ccccc1)(COC(C)C)COC(C)C. The lowest BCUT2D eigenvalue weighted by atomic mass is 9.87. The molecule has 0 fully saturated rings. The molecule has 0 N–H and O–H groups in total. The summed E-state index contributed by atoms with van der Waals surface area (Å²) in [6.45, 7) is 11.4. The van der Waals surface area contributed by atoms with Gasteiger partial charge in [0, 0.05) is 0 Å². The van der Waals surface area contributed by atoms with Crippen molar-refractivity contribution in [2.75, 3.05) is 19.8 Å². The first kappa shape index (κ1) is 19.7. The molecule has 4 nitrogen and oxygen atoms in total. The largest absolute Gasteiger partial charge is 0.461 e. The van der Waals surface area contributed by atoms with Crippen molar-refractivity contribution in [1.29, 1.82) is 0 Å². The molecule has 0 unspecified atom stereocenters. The molecule has 4 heteroatoms. The van der Waals surface area contributed by atoms with Gasteiger partial charge in [-0.25, -0.2) is 4.79 Å². The molecule has 0 saturated carbocycles. The van der Waals surface area contributed by atoms with Crippen LogP contribution in [0.4, 0.5) is 0 Å². The second-order valence-corrected chi connectivity index (χ2v) is 6.52. The number of ether oxygens (including phenoxy) is 3. The number of benzene rings is 1. The molecule has 130 valence electrons. The van der Waals surface area contributed by atoms with Gasteiger partial charge in [-0.1, -0.05) is 25.1 Å². The van der Waals surface area contributed by atoms with Crippen molar-refractivity contribution < 1.29 is 19.0 Å². The molecule has 0 spiro atoms. The van der Waals surface area contributed by atoms with Crippen LogP contribution < -0.4 is 0 Å². The van der Waals surface area contributed by atoms with Gasteiger partial charge in [0.15, 0.2) is 0 Å². The van der Waals surface area contributed by atoms with Crippen LogP contribution in [0.3, 0.4) is 0 Å². The molecule has 0 aromatic heterocycles. The first-order chi connectivity index (χ1) is 10.9. The Bertz CT molecular complexity index is 442. The fourth-order valence-corrected chi connectivity index (χ4v) is 1.99. The van der Waals surface area contributed by atoms with Crippen LogP contribution in [-0.2, 0) is 14.2 Å². The molecular weight excluding hydrogens is 292 g/mol. The number of hydrogen-bond acceptors (Lipinski definition) is 4. The van der Waals surface area contributed by atoms with Gasteiger partial charge in [-0.2, -0.15) is 0 Å². The predicted molar refractivity (Wildman–Crippen MR) is 91.6 cm³/mol. The summed E-state index contributed by atoms with van der Waals surface area (Å²) in [5.74, 6) is -0.308. The van der Waals surface area contributed by atoms with Crippen LogP contribution in [0.2, 0.25) is 0 Å². The summed E-state index contributed by atoms with van der Waals surface area (Å²) in [7, 11) is 0. The van der Waals surface area contributed by atoms with Gasteiger partial charge < -0.3 is 14.2 Å². The molecule has 1 rings (SSSR count). The van der Waals surface area contributed by atoms with Crippen LogP contribution in [0.5, 0.6) is 0 Å². The number of carbonyl (C=O) groups excluding carboxylic acids is 1. The van der Waals surface area contributed by atoms with E-state index < -0.39 is 0 Å². The summed E-state index contributed by atoms with van der Waals surface area (Å²) in [6, 6.07) is 9.04. The smallest absolute Gasteiger partial charge is 0.338 e. The fourth-order valence-electron chi connectivity index (χ4n) is 1.99. The minimum Gasteiger partial charge on any atom is -0.461 e. The molecule has 0 aliphatic heterocycles. The van der Waals surface area contributed by atoms with Gasteiger partial charge in [-0.05, 0) is 46.2 Å². The summed E-state index contributed by atoms with van der Waals surface area (Å²) >= 11 is 0. The Morgan fingerprint density at radius 3 is 1.91 bits per heavy atom. The Kier molecular flexibility index (Phi) is 8.28. The average molecular weight is 322 g/mol. The lowest BCUT2D eigenvalue weighted by molar-refractivity contribution is -0.0834. The predicted octanol–water partition coefficient (Wildman–Crippen LogP) is 4.09. The Morgan fingerprint density at radius 1 is 0.957 bits per heavy atom. The number of hydrogen-bond donors (Lipinski definition) is 0. The molecule has 1 aromatic rings. The van der Waals surface area contributed by atoms with Crippen molar-refractivity contribution in [2.45, 2.75) is 53.2 Å². The maximum absolute atomic E-state index is 12.2. The van der Waals surface area contributed by atoms with E-state index in [1.807, 2.05) is 45.9 Å².